The van der Waals surface area contributed by atoms with Gasteiger partial charge in [0.25, 0.3) is 0 Å². The molecule has 0 aliphatic carbocycles. The maximum atomic E-state index is 12.8. The molecule has 2 aliphatic rings. The van der Waals surface area contributed by atoms with Crippen LogP contribution in [-0.2, 0) is 22.6 Å². The van der Waals surface area contributed by atoms with E-state index in [2.05, 4.69) is 41.4 Å². The number of likely N-dealkylation sites (tertiary alicyclic amines) is 1. The van der Waals surface area contributed by atoms with Gasteiger partial charge in [0.15, 0.2) is 0 Å². The molecule has 2 heterocycles. The largest absolute Gasteiger partial charge is 0.381 e. The monoisotopic (exact) mass is 431 g/mol. The molecule has 28 heavy (non-hydrogen) atoms. The fourth-order valence-electron chi connectivity index (χ4n) is 4.14. The van der Waals surface area contributed by atoms with E-state index in [0.29, 0.717) is 45.2 Å². The molecular weight excluding hydrogens is 397 g/mol. The second kappa shape index (κ2) is 12.0. The van der Waals surface area contributed by atoms with Crippen LogP contribution in [-0.4, -0.2) is 43.2 Å². The molecule has 0 spiro atoms. The van der Waals surface area contributed by atoms with Gasteiger partial charge in [-0.3, -0.25) is 9.69 Å². The molecular formula is C21H35Cl2N3O2. The minimum absolute atomic E-state index is 0. The van der Waals surface area contributed by atoms with E-state index in [9.17, 15) is 4.79 Å². The molecule has 5 nitrogen and oxygen atoms in total. The zero-order chi connectivity index (χ0) is 18.4. The lowest BCUT2D eigenvalue weighted by Gasteiger charge is -2.35. The molecule has 0 aromatic heterocycles. The van der Waals surface area contributed by atoms with Crippen molar-refractivity contribution in [3.63, 3.8) is 0 Å². The van der Waals surface area contributed by atoms with Gasteiger partial charge in [0, 0.05) is 38.9 Å². The molecule has 0 saturated carbocycles. The number of nitrogens with one attached hydrogen (secondary N) is 1. The van der Waals surface area contributed by atoms with E-state index >= 15 is 0 Å². The summed E-state index contributed by atoms with van der Waals surface area (Å²) in [6, 6.07) is 9.10. The van der Waals surface area contributed by atoms with E-state index in [0.717, 1.165) is 13.1 Å². The predicted octanol–water partition coefficient (Wildman–Crippen LogP) is 3.28. The van der Waals surface area contributed by atoms with Gasteiger partial charge < -0.3 is 15.8 Å². The first kappa shape index (κ1) is 25.2. The second-order valence-electron chi connectivity index (χ2n) is 7.86. The third-order valence-corrected chi connectivity index (χ3v) is 6.19. The minimum atomic E-state index is -0.464. The van der Waals surface area contributed by atoms with Gasteiger partial charge in [-0.1, -0.05) is 30.7 Å². The van der Waals surface area contributed by atoms with Crippen molar-refractivity contribution in [1.29, 1.82) is 0 Å². The summed E-state index contributed by atoms with van der Waals surface area (Å²) in [5, 5.41) is 3.16. The summed E-state index contributed by atoms with van der Waals surface area (Å²) in [4.78, 5) is 15.4. The zero-order valence-corrected chi connectivity index (χ0v) is 18.5. The number of halogens is 2. The first-order valence-corrected chi connectivity index (χ1v) is 10.0. The Kier molecular flexibility index (Phi) is 10.8. The van der Waals surface area contributed by atoms with E-state index < -0.39 is 5.41 Å². The highest BCUT2D eigenvalue weighted by Crippen LogP contribution is 2.29. The molecule has 1 unspecified atom stereocenters. The van der Waals surface area contributed by atoms with Crippen molar-refractivity contribution in [3.05, 3.63) is 35.4 Å². The Bertz CT molecular complexity index is 609. The van der Waals surface area contributed by atoms with Gasteiger partial charge in [-0.25, -0.2) is 0 Å². The number of nitrogens with two attached hydrogens (primary N) is 1. The van der Waals surface area contributed by atoms with Crippen LogP contribution in [0.15, 0.2) is 24.3 Å². The van der Waals surface area contributed by atoms with E-state index in [1.807, 2.05) is 0 Å². The number of piperidine rings is 1. The van der Waals surface area contributed by atoms with Gasteiger partial charge in [0.2, 0.25) is 5.91 Å². The van der Waals surface area contributed by atoms with E-state index in [-0.39, 0.29) is 30.7 Å². The molecule has 7 heteroatoms. The smallest absolute Gasteiger partial charge is 0.227 e. The van der Waals surface area contributed by atoms with Crippen LogP contribution in [0.25, 0.3) is 0 Å². The molecule has 1 amide bonds. The van der Waals surface area contributed by atoms with Crippen molar-refractivity contribution >= 4 is 30.7 Å². The Morgan fingerprint density at radius 2 is 1.89 bits per heavy atom. The number of carbonyl (C=O) groups excluding carboxylic acids is 1. The molecule has 2 saturated heterocycles. The molecule has 1 aromatic carbocycles. The lowest BCUT2D eigenvalue weighted by Crippen LogP contribution is -2.49. The average molecular weight is 432 g/mol. The van der Waals surface area contributed by atoms with Crippen LogP contribution in [0.4, 0.5) is 0 Å². The van der Waals surface area contributed by atoms with E-state index in [1.165, 1.54) is 30.4 Å². The van der Waals surface area contributed by atoms with Gasteiger partial charge in [0.1, 0.15) is 0 Å². The fraction of sp³-hybridized carbons (Fsp3) is 0.667. The summed E-state index contributed by atoms with van der Waals surface area (Å²) in [6.45, 7) is 6.64. The maximum absolute atomic E-state index is 12.8. The van der Waals surface area contributed by atoms with Gasteiger partial charge >= 0.3 is 0 Å². The van der Waals surface area contributed by atoms with Gasteiger partial charge in [-0.15, -0.1) is 24.8 Å². The summed E-state index contributed by atoms with van der Waals surface area (Å²) >= 11 is 0. The molecule has 2 fully saturated rings. The lowest BCUT2D eigenvalue weighted by atomic mass is 9.79. The first-order valence-electron chi connectivity index (χ1n) is 10.0. The van der Waals surface area contributed by atoms with Gasteiger partial charge in [-0.2, -0.15) is 0 Å². The molecule has 160 valence electrons. The average Bonchev–Trinajstić information content (AvgIpc) is 2.69. The third kappa shape index (κ3) is 6.07. The number of carbonyl (C=O) groups is 1. The van der Waals surface area contributed by atoms with Crippen molar-refractivity contribution < 1.29 is 9.53 Å². The van der Waals surface area contributed by atoms with E-state index in [4.69, 9.17) is 10.5 Å². The maximum Gasteiger partial charge on any atom is 0.227 e. The van der Waals surface area contributed by atoms with Crippen molar-refractivity contribution in [1.82, 2.24) is 10.2 Å². The Morgan fingerprint density at radius 3 is 2.54 bits per heavy atom. The minimum Gasteiger partial charge on any atom is -0.381 e. The zero-order valence-electron chi connectivity index (χ0n) is 16.8. The molecule has 2 aliphatic heterocycles. The van der Waals surface area contributed by atoms with Crippen LogP contribution >= 0.6 is 24.8 Å². The quantitative estimate of drug-likeness (QED) is 0.724. The summed E-state index contributed by atoms with van der Waals surface area (Å²) in [5.74, 6) is 0.0736. The molecule has 0 radical (unpaired) electrons. The number of amides is 1. The number of rotatable bonds is 6. The van der Waals surface area contributed by atoms with E-state index in [1.54, 1.807) is 0 Å². The number of nitrogens with zero attached hydrogens (tertiary/aromatic N) is 1. The van der Waals surface area contributed by atoms with Crippen LogP contribution < -0.4 is 11.1 Å². The molecule has 3 rings (SSSR count). The van der Waals surface area contributed by atoms with Gasteiger partial charge in [-0.05, 0) is 50.3 Å². The summed E-state index contributed by atoms with van der Waals surface area (Å²) in [6.07, 6.45) is 5.31. The van der Waals surface area contributed by atoms with Crippen LogP contribution in [0, 0.1) is 5.41 Å². The highest BCUT2D eigenvalue weighted by atomic mass is 35.5. The molecule has 1 aromatic rings. The van der Waals surface area contributed by atoms with Crippen molar-refractivity contribution in [2.75, 3.05) is 26.3 Å². The van der Waals surface area contributed by atoms with Crippen LogP contribution in [0.1, 0.15) is 50.2 Å². The number of ether oxygens (including phenoxy) is 1. The normalized spacial score (nSPS) is 21.9. The fourth-order valence-corrected chi connectivity index (χ4v) is 4.14. The molecule has 0 bridgehead atoms. The summed E-state index contributed by atoms with van der Waals surface area (Å²) < 4.78 is 5.41. The Hall–Kier alpha value is -0.850. The summed E-state index contributed by atoms with van der Waals surface area (Å²) in [5.41, 5.74) is 8.01. The number of benzene rings is 1. The number of hydrogen-bond acceptors (Lipinski definition) is 4. The Balaban J connectivity index is 0.00000196. The molecule has 3 N–H and O–H groups in total. The van der Waals surface area contributed by atoms with Crippen LogP contribution in [0.2, 0.25) is 0 Å². The highest BCUT2D eigenvalue weighted by molar-refractivity contribution is 5.85. The molecule has 1 atom stereocenters. The lowest BCUT2D eigenvalue weighted by molar-refractivity contribution is -0.136. The van der Waals surface area contributed by atoms with Crippen LogP contribution in [0.5, 0.6) is 0 Å². The summed E-state index contributed by atoms with van der Waals surface area (Å²) in [7, 11) is 0. The van der Waals surface area contributed by atoms with Crippen molar-refractivity contribution in [2.45, 2.75) is 58.2 Å². The highest BCUT2D eigenvalue weighted by Gasteiger charge is 2.38. The Labute approximate surface area is 181 Å². The number of hydrogen-bond donors (Lipinski definition) is 2. The SMILES string of the molecule is CC1CCCCN1Cc1ccccc1CNC(=O)C1(CN)CCOCC1.Cl.Cl. The van der Waals surface area contributed by atoms with Crippen molar-refractivity contribution in [3.8, 4) is 0 Å². The Morgan fingerprint density at radius 1 is 1.21 bits per heavy atom. The van der Waals surface area contributed by atoms with Crippen molar-refractivity contribution in [2.24, 2.45) is 11.1 Å². The standard InChI is InChI=1S/C21H33N3O2.2ClH/c1-17-6-4-5-11-24(17)15-19-8-3-2-7-18(19)14-23-20(25)21(16-22)9-12-26-13-10-21;;/h2-3,7-8,17H,4-6,9-16,22H2,1H3,(H,23,25);2*1H. The van der Waals surface area contributed by atoms with Gasteiger partial charge in [0.05, 0.1) is 5.41 Å². The first-order chi connectivity index (χ1) is 12.6. The second-order valence-corrected chi connectivity index (χ2v) is 7.86. The predicted molar refractivity (Wildman–Crippen MR) is 118 cm³/mol. The third-order valence-electron chi connectivity index (χ3n) is 6.19. The van der Waals surface area contributed by atoms with Crippen LogP contribution in [0.3, 0.4) is 0 Å². The topological polar surface area (TPSA) is 67.6 Å².